The van der Waals surface area contributed by atoms with Crippen molar-refractivity contribution < 1.29 is 14.3 Å². The van der Waals surface area contributed by atoms with Gasteiger partial charge in [-0.15, -0.1) is 0 Å². The van der Waals surface area contributed by atoms with E-state index in [0.29, 0.717) is 23.7 Å². The monoisotopic (exact) mass is 263 g/mol. The third kappa shape index (κ3) is 5.77. The number of benzene rings is 1. The van der Waals surface area contributed by atoms with Gasteiger partial charge in [0, 0.05) is 5.56 Å². The second kappa shape index (κ2) is 9.42. The van der Waals surface area contributed by atoms with Crippen molar-refractivity contribution in [3.8, 4) is 11.5 Å². The van der Waals surface area contributed by atoms with E-state index in [0.717, 1.165) is 6.42 Å². The van der Waals surface area contributed by atoms with E-state index in [9.17, 15) is 4.79 Å². The number of unbranched alkanes of at least 4 members (excludes halogenated alkanes) is 5. The predicted molar refractivity (Wildman–Crippen MR) is 76.7 cm³/mol. The maximum absolute atomic E-state index is 10.6. The Balaban J connectivity index is 2.30. The van der Waals surface area contributed by atoms with E-state index in [2.05, 4.69) is 6.92 Å². The van der Waals surface area contributed by atoms with E-state index < -0.39 is 0 Å². The van der Waals surface area contributed by atoms with Crippen molar-refractivity contribution in [3.05, 3.63) is 23.8 Å². The Labute approximate surface area is 115 Å². The molecule has 0 fully saturated rings. The summed E-state index contributed by atoms with van der Waals surface area (Å²) in [4.78, 5) is 10.6. The average Bonchev–Trinajstić information content (AvgIpc) is 2.46. The smallest absolute Gasteiger partial charge is 0.233 e. The van der Waals surface area contributed by atoms with Crippen LogP contribution in [0.3, 0.4) is 0 Å². The Kier molecular flexibility index (Phi) is 7.71. The van der Waals surface area contributed by atoms with E-state index in [1.165, 1.54) is 32.1 Å². The zero-order valence-electron chi connectivity index (χ0n) is 11.9. The molecule has 1 rings (SSSR count). The van der Waals surface area contributed by atoms with Crippen LogP contribution in [-0.4, -0.2) is 20.0 Å². The Morgan fingerprint density at radius 3 is 2.47 bits per heavy atom. The molecule has 3 heteroatoms. The highest BCUT2D eigenvalue weighted by Crippen LogP contribution is 2.27. The van der Waals surface area contributed by atoms with Gasteiger partial charge in [-0.2, -0.15) is 0 Å². The largest absolute Gasteiger partial charge is 0.493 e. The van der Waals surface area contributed by atoms with Crippen molar-refractivity contribution in [2.75, 3.05) is 13.7 Å². The summed E-state index contributed by atoms with van der Waals surface area (Å²) in [5.74, 6) is 1.28. The van der Waals surface area contributed by atoms with Gasteiger partial charge in [-0.05, 0) is 24.6 Å². The highest BCUT2D eigenvalue weighted by atomic mass is 16.5. The van der Waals surface area contributed by atoms with Crippen molar-refractivity contribution in [2.24, 2.45) is 0 Å². The molecule has 0 aliphatic carbocycles. The van der Waals surface area contributed by atoms with E-state index in [4.69, 9.17) is 9.47 Å². The Hall–Kier alpha value is -1.51. The van der Waals surface area contributed by atoms with E-state index in [1.54, 1.807) is 25.3 Å². The van der Waals surface area contributed by atoms with Gasteiger partial charge >= 0.3 is 0 Å². The minimum atomic E-state index is 0.476. The van der Waals surface area contributed by atoms with Gasteiger partial charge in [0.1, 0.15) is 0 Å². The number of methoxy groups -OCH3 is 1. The molecule has 0 aromatic heterocycles. The van der Waals surface area contributed by atoms with Crippen molar-refractivity contribution in [3.63, 3.8) is 0 Å². The number of hydrogen-bond donors (Lipinski definition) is 0. The molecule has 1 aromatic carbocycles. The van der Waals surface area contributed by atoms with E-state index >= 15 is 0 Å². The summed E-state index contributed by atoms with van der Waals surface area (Å²) in [6.07, 6.45) is 9.26. The van der Waals surface area contributed by atoms with Crippen LogP contribution in [0.1, 0.15) is 51.0 Å². The molecular weight excluding hydrogens is 240 g/mol. The topological polar surface area (TPSA) is 35.5 Å². The standard InChI is InChI=1S/C16H23O3/c1-3-4-5-6-7-8-11-19-15-10-9-14(13-17)12-16(15)18-2/h9-10,12H,3-8,11H2,1-2H3. The minimum Gasteiger partial charge on any atom is -0.493 e. The van der Waals surface area contributed by atoms with Crippen LogP contribution in [0, 0.1) is 0 Å². The number of ether oxygens (including phenoxy) is 2. The van der Waals surface area contributed by atoms with Crippen molar-refractivity contribution in [1.82, 2.24) is 0 Å². The fraction of sp³-hybridized carbons (Fsp3) is 0.562. The molecule has 0 saturated heterocycles. The van der Waals surface area contributed by atoms with Crippen LogP contribution < -0.4 is 9.47 Å². The summed E-state index contributed by atoms with van der Waals surface area (Å²) in [6, 6.07) is 5.09. The van der Waals surface area contributed by atoms with Gasteiger partial charge in [0.05, 0.1) is 13.7 Å². The van der Waals surface area contributed by atoms with Crippen LogP contribution in [-0.2, 0) is 4.79 Å². The summed E-state index contributed by atoms with van der Waals surface area (Å²) >= 11 is 0. The molecule has 1 aromatic rings. The normalized spacial score (nSPS) is 10.2. The van der Waals surface area contributed by atoms with Gasteiger partial charge in [0.15, 0.2) is 11.5 Å². The minimum absolute atomic E-state index is 0.476. The highest BCUT2D eigenvalue weighted by molar-refractivity contribution is 5.76. The molecule has 19 heavy (non-hydrogen) atoms. The summed E-state index contributed by atoms with van der Waals surface area (Å²) in [6.45, 7) is 2.91. The number of rotatable bonds is 10. The second-order valence-electron chi connectivity index (χ2n) is 4.58. The van der Waals surface area contributed by atoms with E-state index in [1.807, 2.05) is 6.29 Å². The summed E-state index contributed by atoms with van der Waals surface area (Å²) < 4.78 is 10.9. The Morgan fingerprint density at radius 1 is 1.05 bits per heavy atom. The first-order chi connectivity index (χ1) is 9.31. The first-order valence-electron chi connectivity index (χ1n) is 7.00. The molecule has 0 saturated carbocycles. The van der Waals surface area contributed by atoms with Crippen molar-refractivity contribution >= 4 is 6.29 Å². The maximum Gasteiger partial charge on any atom is 0.233 e. The lowest BCUT2D eigenvalue weighted by Crippen LogP contribution is -2.00. The molecule has 3 nitrogen and oxygen atoms in total. The lowest BCUT2D eigenvalue weighted by Gasteiger charge is -2.10. The molecule has 0 atom stereocenters. The zero-order valence-corrected chi connectivity index (χ0v) is 11.9. The van der Waals surface area contributed by atoms with Gasteiger partial charge in [0.25, 0.3) is 0 Å². The van der Waals surface area contributed by atoms with Crippen molar-refractivity contribution in [1.29, 1.82) is 0 Å². The lowest BCUT2D eigenvalue weighted by molar-refractivity contribution is 0.284. The van der Waals surface area contributed by atoms with Crippen LogP contribution in [0.25, 0.3) is 0 Å². The molecule has 0 aliphatic rings. The number of hydrogen-bond acceptors (Lipinski definition) is 3. The van der Waals surface area contributed by atoms with Crippen LogP contribution in [0.15, 0.2) is 18.2 Å². The third-order valence-corrected chi connectivity index (χ3v) is 3.04. The van der Waals surface area contributed by atoms with E-state index in [-0.39, 0.29) is 0 Å². The molecular formula is C16H23O3. The SMILES string of the molecule is CCCCCCCCOc1ccc([C]=O)cc1OC. The summed E-state index contributed by atoms with van der Waals surface area (Å²) in [5, 5.41) is 0. The van der Waals surface area contributed by atoms with Crippen molar-refractivity contribution in [2.45, 2.75) is 45.4 Å². The molecule has 0 unspecified atom stereocenters. The average molecular weight is 263 g/mol. The molecule has 1 radical (unpaired) electrons. The fourth-order valence-electron chi connectivity index (χ4n) is 1.91. The lowest BCUT2D eigenvalue weighted by atomic mass is 10.1. The quantitative estimate of drug-likeness (QED) is 0.601. The molecule has 105 valence electrons. The van der Waals surface area contributed by atoms with Crippen LogP contribution in [0.4, 0.5) is 0 Å². The van der Waals surface area contributed by atoms with Crippen LogP contribution in [0.5, 0.6) is 11.5 Å². The maximum atomic E-state index is 10.6. The third-order valence-electron chi connectivity index (χ3n) is 3.04. The first kappa shape index (κ1) is 15.5. The molecule has 0 heterocycles. The molecule has 0 amide bonds. The highest BCUT2D eigenvalue weighted by Gasteiger charge is 2.05. The number of carbonyl (C=O) groups excluding carboxylic acids is 1. The fourth-order valence-corrected chi connectivity index (χ4v) is 1.91. The van der Waals surface area contributed by atoms with Gasteiger partial charge in [-0.1, -0.05) is 39.0 Å². The Morgan fingerprint density at radius 2 is 1.79 bits per heavy atom. The van der Waals surface area contributed by atoms with Gasteiger partial charge in [-0.25, -0.2) is 0 Å². The predicted octanol–water partition coefficient (Wildman–Crippen LogP) is 3.89. The first-order valence-corrected chi connectivity index (χ1v) is 7.00. The summed E-state index contributed by atoms with van der Waals surface area (Å²) in [5.41, 5.74) is 0.476. The molecule has 0 aliphatic heterocycles. The zero-order chi connectivity index (χ0) is 13.9. The van der Waals surface area contributed by atoms with Crippen LogP contribution >= 0.6 is 0 Å². The van der Waals surface area contributed by atoms with Gasteiger partial charge in [0.2, 0.25) is 6.29 Å². The molecule has 0 spiro atoms. The second-order valence-corrected chi connectivity index (χ2v) is 4.58. The molecule has 0 bridgehead atoms. The van der Waals surface area contributed by atoms with Crippen LogP contribution in [0.2, 0.25) is 0 Å². The Bertz CT molecular complexity index is 374. The van der Waals surface area contributed by atoms with Gasteiger partial charge in [-0.3, -0.25) is 4.79 Å². The molecule has 0 N–H and O–H groups in total. The van der Waals surface area contributed by atoms with Gasteiger partial charge < -0.3 is 9.47 Å². The summed E-state index contributed by atoms with van der Waals surface area (Å²) in [7, 11) is 1.57.